The van der Waals surface area contributed by atoms with Gasteiger partial charge in [-0.15, -0.1) is 0 Å². The van der Waals surface area contributed by atoms with Crippen molar-refractivity contribution >= 4 is 30.2 Å². The first-order chi connectivity index (χ1) is 16.3. The number of rotatable bonds is 6. The summed E-state index contributed by atoms with van der Waals surface area (Å²) in [4.78, 5) is 12.7. The molecule has 0 radical (unpaired) electrons. The third kappa shape index (κ3) is 4.97. The molecule has 3 nitrogen and oxygen atoms in total. The van der Waals surface area contributed by atoms with Gasteiger partial charge in [0.15, 0.2) is 17.5 Å². The molecule has 1 aliphatic rings. The molecule has 0 aromatic heterocycles. The lowest BCUT2D eigenvalue weighted by molar-refractivity contribution is 0.241. The molecule has 4 rings (SSSR count). The predicted octanol–water partition coefficient (Wildman–Crippen LogP) is 6.31. The number of nitrogens with one attached hydrogen (secondary N) is 2. The fraction of sp³-hybridized carbons (Fsp3) is 0.296. The van der Waals surface area contributed by atoms with Gasteiger partial charge in [-0.25, -0.2) is 18.0 Å². The first kappa shape index (κ1) is 24.3. The molecule has 2 amide bonds. The van der Waals surface area contributed by atoms with E-state index in [0.717, 1.165) is 31.4 Å². The van der Waals surface area contributed by atoms with E-state index in [-0.39, 0.29) is 22.8 Å². The predicted molar refractivity (Wildman–Crippen MR) is 133 cm³/mol. The molecule has 1 fully saturated rings. The number of hydrogen-bond donors (Lipinski definition) is 2. The molecule has 34 heavy (non-hydrogen) atoms. The molecule has 0 spiro atoms. The second-order valence-corrected chi connectivity index (χ2v) is 11.7. The third-order valence-electron chi connectivity index (χ3n) is 6.74. The van der Waals surface area contributed by atoms with Crippen molar-refractivity contribution in [2.75, 3.05) is 5.32 Å². The number of carbonyl (C=O) groups excluding carboxylic acids is 1. The first-order valence-electron chi connectivity index (χ1n) is 11.4. The summed E-state index contributed by atoms with van der Waals surface area (Å²) in [7, 11) is -0.704. The number of anilines is 1. The summed E-state index contributed by atoms with van der Waals surface area (Å²) in [5, 5.41) is 7.93. The molecule has 0 aliphatic heterocycles. The van der Waals surface area contributed by atoms with E-state index < -0.39 is 31.4 Å². The van der Waals surface area contributed by atoms with Crippen molar-refractivity contribution in [3.05, 3.63) is 90.2 Å². The third-order valence-corrected chi connectivity index (χ3v) is 9.95. The summed E-state index contributed by atoms with van der Waals surface area (Å²) in [5.74, 6) is -4.05. The van der Waals surface area contributed by atoms with Crippen LogP contribution in [-0.4, -0.2) is 17.2 Å². The average Bonchev–Trinajstić information content (AvgIpc) is 3.21. The number of benzene rings is 3. The van der Waals surface area contributed by atoms with Gasteiger partial charge in [-0.05, 0) is 44.2 Å². The van der Waals surface area contributed by atoms with Crippen LogP contribution in [0.25, 0.3) is 0 Å². The molecule has 3 aromatic carbocycles. The number of amides is 2. The first-order valence-corrected chi connectivity index (χ1v) is 12.8. The maximum atomic E-state index is 13.5. The van der Waals surface area contributed by atoms with Crippen LogP contribution in [-0.2, 0) is 0 Å². The molecule has 3 aromatic rings. The van der Waals surface area contributed by atoms with E-state index in [1.165, 1.54) is 10.6 Å². The SMILES string of the molecule is C[C@@H](NC(=O)Nc1cc(F)c(F)c(F)c1)[C@@H]1CCCC1(C)P(c1ccccc1)c1ccccc1. The fourth-order valence-electron chi connectivity index (χ4n) is 5.24. The lowest BCUT2D eigenvalue weighted by atomic mass is 9.90. The zero-order valence-electron chi connectivity index (χ0n) is 19.2. The Morgan fingerprint density at radius 2 is 1.50 bits per heavy atom. The van der Waals surface area contributed by atoms with Gasteiger partial charge in [0, 0.05) is 29.0 Å². The minimum absolute atomic E-state index is 0.0567. The topological polar surface area (TPSA) is 41.1 Å². The van der Waals surface area contributed by atoms with E-state index in [2.05, 4.69) is 66.1 Å². The molecule has 1 saturated carbocycles. The maximum absolute atomic E-state index is 13.5. The Labute approximate surface area is 199 Å². The van der Waals surface area contributed by atoms with Crippen LogP contribution in [0.4, 0.5) is 23.7 Å². The maximum Gasteiger partial charge on any atom is 0.319 e. The van der Waals surface area contributed by atoms with E-state index in [1.54, 1.807) is 0 Å². The number of hydrogen-bond acceptors (Lipinski definition) is 1. The minimum Gasteiger partial charge on any atom is -0.335 e. The smallest absolute Gasteiger partial charge is 0.319 e. The standard InChI is InChI=1S/C27H28F3N2OP/c1-18(31-26(33)32-19-16-23(28)25(30)24(29)17-19)22-14-9-15-27(22,2)34(20-10-5-3-6-11-20)21-12-7-4-8-13-21/h3-8,10-13,16-18,22H,9,14-15H2,1-2H3,(H2,31,32,33)/t18-,22+,27?/m1/s1. The fourth-order valence-corrected chi connectivity index (χ4v) is 8.72. The van der Waals surface area contributed by atoms with Crippen molar-refractivity contribution < 1.29 is 18.0 Å². The summed E-state index contributed by atoms with van der Waals surface area (Å²) < 4.78 is 40.3. The summed E-state index contributed by atoms with van der Waals surface area (Å²) in [5.41, 5.74) is -0.133. The largest absolute Gasteiger partial charge is 0.335 e. The van der Waals surface area contributed by atoms with Gasteiger partial charge >= 0.3 is 6.03 Å². The molecule has 0 saturated heterocycles. The Balaban J connectivity index is 1.56. The van der Waals surface area contributed by atoms with Crippen molar-refractivity contribution in [3.8, 4) is 0 Å². The Bertz CT molecular complexity index is 1080. The summed E-state index contributed by atoms with van der Waals surface area (Å²) >= 11 is 0. The van der Waals surface area contributed by atoms with Crippen molar-refractivity contribution in [1.82, 2.24) is 5.32 Å². The zero-order valence-corrected chi connectivity index (χ0v) is 20.1. The summed E-state index contributed by atoms with van der Waals surface area (Å²) in [6.07, 6.45) is 3.06. The van der Waals surface area contributed by atoms with Gasteiger partial charge in [0.05, 0.1) is 0 Å². The molecular weight excluding hydrogens is 456 g/mol. The van der Waals surface area contributed by atoms with E-state index >= 15 is 0 Å². The average molecular weight is 485 g/mol. The highest BCUT2D eigenvalue weighted by Gasteiger charge is 2.48. The Morgan fingerprint density at radius 3 is 2.03 bits per heavy atom. The molecule has 0 heterocycles. The lowest BCUT2D eigenvalue weighted by Gasteiger charge is -2.43. The van der Waals surface area contributed by atoms with Gasteiger partial charge in [0.1, 0.15) is 0 Å². The minimum atomic E-state index is -1.56. The monoisotopic (exact) mass is 484 g/mol. The van der Waals surface area contributed by atoms with Crippen molar-refractivity contribution in [2.45, 2.75) is 44.3 Å². The van der Waals surface area contributed by atoms with Crippen molar-refractivity contribution in [2.24, 2.45) is 5.92 Å². The Kier molecular flexibility index (Phi) is 7.27. The Morgan fingerprint density at radius 1 is 0.971 bits per heavy atom. The van der Waals surface area contributed by atoms with Gasteiger partial charge in [-0.1, -0.05) is 74.0 Å². The highest BCUT2D eigenvalue weighted by molar-refractivity contribution is 7.74. The molecule has 3 atom stereocenters. The van der Waals surface area contributed by atoms with Crippen LogP contribution < -0.4 is 21.2 Å². The number of carbonyl (C=O) groups is 1. The van der Waals surface area contributed by atoms with Crippen LogP contribution in [0.2, 0.25) is 0 Å². The normalized spacial score (nSPS) is 20.8. The molecule has 1 unspecified atom stereocenters. The summed E-state index contributed by atoms with van der Waals surface area (Å²) in [6, 6.07) is 21.8. The highest BCUT2D eigenvalue weighted by atomic mass is 31.1. The molecule has 2 N–H and O–H groups in total. The molecule has 1 aliphatic carbocycles. The van der Waals surface area contributed by atoms with Gasteiger partial charge in [0.2, 0.25) is 0 Å². The number of halogens is 3. The van der Waals surface area contributed by atoms with Gasteiger partial charge in [0.25, 0.3) is 0 Å². The van der Waals surface area contributed by atoms with E-state index in [4.69, 9.17) is 0 Å². The zero-order chi connectivity index (χ0) is 24.3. The van der Waals surface area contributed by atoms with Crippen LogP contribution in [0.3, 0.4) is 0 Å². The quantitative estimate of drug-likeness (QED) is 0.313. The van der Waals surface area contributed by atoms with Crippen LogP contribution in [0, 0.1) is 23.4 Å². The summed E-state index contributed by atoms with van der Waals surface area (Å²) in [6.45, 7) is 4.29. The van der Waals surface area contributed by atoms with Crippen LogP contribution >= 0.6 is 7.92 Å². The number of urea groups is 1. The highest BCUT2D eigenvalue weighted by Crippen LogP contribution is 2.59. The van der Waals surface area contributed by atoms with Crippen molar-refractivity contribution in [1.29, 1.82) is 0 Å². The van der Waals surface area contributed by atoms with Gasteiger partial charge < -0.3 is 10.6 Å². The van der Waals surface area contributed by atoms with Crippen molar-refractivity contribution in [3.63, 3.8) is 0 Å². The second-order valence-electron chi connectivity index (χ2n) is 9.00. The van der Waals surface area contributed by atoms with E-state index in [9.17, 15) is 18.0 Å². The van der Waals surface area contributed by atoms with Crippen LogP contribution in [0.15, 0.2) is 72.8 Å². The molecule has 7 heteroatoms. The second kappa shape index (κ2) is 10.2. The van der Waals surface area contributed by atoms with E-state index in [0.29, 0.717) is 0 Å². The molecule has 0 bridgehead atoms. The molecule has 178 valence electrons. The van der Waals surface area contributed by atoms with Gasteiger partial charge in [-0.3, -0.25) is 0 Å². The lowest BCUT2D eigenvalue weighted by Crippen LogP contribution is -2.48. The Hall–Kier alpha value is -2.85. The van der Waals surface area contributed by atoms with Gasteiger partial charge in [-0.2, -0.15) is 0 Å². The van der Waals surface area contributed by atoms with Crippen LogP contribution in [0.5, 0.6) is 0 Å². The van der Waals surface area contributed by atoms with Crippen LogP contribution in [0.1, 0.15) is 33.1 Å². The molecular formula is C27H28F3N2OP. The van der Waals surface area contributed by atoms with E-state index in [1.807, 2.05) is 19.1 Å².